The second-order valence-corrected chi connectivity index (χ2v) is 8.65. The van der Waals surface area contributed by atoms with Crippen LogP contribution in [-0.4, -0.2) is 47.4 Å². The van der Waals surface area contributed by atoms with Gasteiger partial charge in [0.1, 0.15) is 10.8 Å². The van der Waals surface area contributed by atoms with Gasteiger partial charge in [0.05, 0.1) is 6.61 Å². The minimum Gasteiger partial charge on any atom is -0.476 e. The molecular weight excluding hydrogens is 424 g/mol. The molecule has 7 heteroatoms. The van der Waals surface area contributed by atoms with E-state index < -0.39 is 0 Å². The highest BCUT2D eigenvalue weighted by atomic mass is 35.5. The summed E-state index contributed by atoms with van der Waals surface area (Å²) in [7, 11) is 2.14. The van der Waals surface area contributed by atoms with Crippen molar-refractivity contribution < 1.29 is 9.53 Å². The number of fused-ring (bicyclic) bond motifs is 1. The van der Waals surface area contributed by atoms with E-state index in [1.807, 2.05) is 24.3 Å². The van der Waals surface area contributed by atoms with E-state index in [-0.39, 0.29) is 13.2 Å². The van der Waals surface area contributed by atoms with Crippen LogP contribution in [0.3, 0.4) is 0 Å². The predicted octanol–water partition coefficient (Wildman–Crippen LogP) is 5.04. The molecule has 2 aromatic heterocycles. The number of carbonyl (C=O) groups excluding carboxylic acids is 1. The van der Waals surface area contributed by atoms with E-state index in [0.29, 0.717) is 47.7 Å². The molecule has 1 aliphatic rings. The fourth-order valence-corrected chi connectivity index (χ4v) is 4.14. The Bertz CT molecular complexity index is 1080. The van der Waals surface area contributed by atoms with Crippen molar-refractivity contribution in [2.75, 3.05) is 32.5 Å². The number of hydrogen-bond acceptors (Lipinski definition) is 6. The first-order valence-corrected chi connectivity index (χ1v) is 11.0. The zero-order valence-electron chi connectivity index (χ0n) is 17.7. The number of pyridine rings is 2. The van der Waals surface area contributed by atoms with Crippen molar-refractivity contribution in [2.45, 2.75) is 33.1 Å². The number of ketones is 1. The first-order valence-electron chi connectivity index (χ1n) is 10.6. The van der Waals surface area contributed by atoms with Crippen molar-refractivity contribution in [2.24, 2.45) is 5.92 Å². The number of aryl methyl sites for hydroxylation is 1. The monoisotopic (exact) mass is 454 g/mol. The highest BCUT2D eigenvalue weighted by Gasteiger charge is 2.18. The lowest BCUT2D eigenvalue weighted by Gasteiger charge is -2.28. The SMILES string of the molecule is C.CN1CCC(COc2ncc(C(=O)CCc3ccc4c(N)nccc4c3)cc2Cl)CC1. The molecule has 0 radical (unpaired) electrons. The number of nitrogens with two attached hydrogens (primary N) is 1. The first kappa shape index (κ1) is 24.0. The second-order valence-electron chi connectivity index (χ2n) is 8.24. The number of ether oxygens (including phenoxy) is 1. The lowest BCUT2D eigenvalue weighted by molar-refractivity contribution is 0.0982. The van der Waals surface area contributed by atoms with Crippen molar-refractivity contribution in [3.63, 3.8) is 0 Å². The van der Waals surface area contributed by atoms with Crippen molar-refractivity contribution in [1.29, 1.82) is 0 Å². The summed E-state index contributed by atoms with van der Waals surface area (Å²) in [5.41, 5.74) is 7.48. The Morgan fingerprint density at radius 1 is 1.22 bits per heavy atom. The van der Waals surface area contributed by atoms with Crippen LogP contribution in [-0.2, 0) is 6.42 Å². The maximum atomic E-state index is 12.7. The minimum atomic E-state index is 0. The van der Waals surface area contributed by atoms with Crippen molar-refractivity contribution in [1.82, 2.24) is 14.9 Å². The van der Waals surface area contributed by atoms with Gasteiger partial charge in [-0.3, -0.25) is 4.79 Å². The number of anilines is 1. The molecule has 1 aromatic carbocycles. The van der Waals surface area contributed by atoms with E-state index >= 15 is 0 Å². The topological polar surface area (TPSA) is 81.3 Å². The third kappa shape index (κ3) is 5.75. The van der Waals surface area contributed by atoms with Crippen LogP contribution in [0.5, 0.6) is 5.88 Å². The van der Waals surface area contributed by atoms with E-state index in [1.54, 1.807) is 18.5 Å². The van der Waals surface area contributed by atoms with E-state index in [0.717, 1.165) is 42.3 Å². The van der Waals surface area contributed by atoms with Gasteiger partial charge in [-0.2, -0.15) is 0 Å². The lowest BCUT2D eigenvalue weighted by atomic mass is 9.98. The van der Waals surface area contributed by atoms with Gasteiger partial charge in [-0.25, -0.2) is 9.97 Å². The Kier molecular flexibility index (Phi) is 8.04. The largest absolute Gasteiger partial charge is 0.476 e. The van der Waals surface area contributed by atoms with Gasteiger partial charge in [0.15, 0.2) is 5.78 Å². The predicted molar refractivity (Wildman–Crippen MR) is 131 cm³/mol. The molecule has 2 N–H and O–H groups in total. The average molecular weight is 455 g/mol. The molecule has 0 saturated carbocycles. The average Bonchev–Trinajstić information content (AvgIpc) is 2.78. The molecule has 0 spiro atoms. The van der Waals surface area contributed by atoms with Gasteiger partial charge in [0.2, 0.25) is 5.88 Å². The molecule has 32 heavy (non-hydrogen) atoms. The van der Waals surface area contributed by atoms with Crippen LogP contribution in [0.25, 0.3) is 10.8 Å². The highest BCUT2D eigenvalue weighted by Crippen LogP contribution is 2.26. The van der Waals surface area contributed by atoms with Crippen LogP contribution >= 0.6 is 11.6 Å². The number of carbonyl (C=O) groups is 1. The Labute approximate surface area is 194 Å². The lowest BCUT2D eigenvalue weighted by Crippen LogP contribution is -2.32. The second kappa shape index (κ2) is 10.7. The quantitative estimate of drug-likeness (QED) is 0.504. The van der Waals surface area contributed by atoms with Crippen LogP contribution in [0.15, 0.2) is 42.7 Å². The minimum absolute atomic E-state index is 0. The summed E-state index contributed by atoms with van der Waals surface area (Å²) >= 11 is 6.35. The van der Waals surface area contributed by atoms with Crippen molar-refractivity contribution in [3.05, 3.63) is 58.9 Å². The van der Waals surface area contributed by atoms with Crippen LogP contribution in [0.1, 0.15) is 42.6 Å². The number of Topliss-reactive ketones (excluding diaryl/α,β-unsaturated/α-hetero) is 1. The van der Waals surface area contributed by atoms with Gasteiger partial charge in [-0.1, -0.05) is 37.2 Å². The molecule has 0 atom stereocenters. The van der Waals surface area contributed by atoms with Gasteiger partial charge >= 0.3 is 0 Å². The molecule has 4 rings (SSSR count). The van der Waals surface area contributed by atoms with Gasteiger partial charge in [-0.05, 0) is 68.4 Å². The maximum absolute atomic E-state index is 12.7. The zero-order valence-corrected chi connectivity index (χ0v) is 18.4. The van der Waals surface area contributed by atoms with Crippen LogP contribution < -0.4 is 10.5 Å². The summed E-state index contributed by atoms with van der Waals surface area (Å²) in [6.07, 6.45) is 6.48. The number of aromatic nitrogens is 2. The Hall–Kier alpha value is -2.70. The Balaban J connectivity index is 0.00000289. The summed E-state index contributed by atoms with van der Waals surface area (Å²) in [6, 6.07) is 9.57. The molecule has 0 bridgehead atoms. The summed E-state index contributed by atoms with van der Waals surface area (Å²) in [5, 5.41) is 2.32. The number of hydrogen-bond donors (Lipinski definition) is 1. The Morgan fingerprint density at radius 3 is 2.75 bits per heavy atom. The van der Waals surface area contributed by atoms with E-state index in [9.17, 15) is 4.79 Å². The van der Waals surface area contributed by atoms with E-state index in [1.165, 1.54) is 0 Å². The molecule has 0 amide bonds. The smallest absolute Gasteiger partial charge is 0.232 e. The van der Waals surface area contributed by atoms with Gasteiger partial charge in [0.25, 0.3) is 0 Å². The fraction of sp³-hybridized carbons (Fsp3) is 0.400. The molecule has 0 unspecified atom stereocenters. The molecule has 1 fully saturated rings. The normalized spacial score (nSPS) is 14.8. The van der Waals surface area contributed by atoms with Gasteiger partial charge in [0, 0.05) is 29.8 Å². The first-order chi connectivity index (χ1) is 15.0. The Morgan fingerprint density at radius 2 is 2.00 bits per heavy atom. The standard InChI is InChI=1S/C24H27ClN4O2.CH4/c1-29-10-7-17(8-11-29)15-31-24-21(25)13-19(14-28-24)22(30)5-3-16-2-4-20-18(12-16)6-9-27-23(20)26;/h2,4,6,9,12-14,17H,3,5,7-8,10-11,15H2,1H3,(H2,26,27);1H4. The highest BCUT2D eigenvalue weighted by molar-refractivity contribution is 6.32. The fourth-order valence-electron chi connectivity index (χ4n) is 3.92. The summed E-state index contributed by atoms with van der Waals surface area (Å²) in [6.45, 7) is 2.78. The number of rotatable bonds is 7. The molecular formula is C25H31ClN4O2. The van der Waals surface area contributed by atoms with Crippen molar-refractivity contribution >= 4 is 34.0 Å². The van der Waals surface area contributed by atoms with Crippen LogP contribution in [0.2, 0.25) is 5.02 Å². The maximum Gasteiger partial charge on any atom is 0.232 e. The molecule has 1 saturated heterocycles. The number of piperidine rings is 1. The number of nitrogen functional groups attached to an aromatic ring is 1. The molecule has 0 aliphatic carbocycles. The van der Waals surface area contributed by atoms with Crippen molar-refractivity contribution in [3.8, 4) is 5.88 Å². The molecule has 170 valence electrons. The van der Waals surface area contributed by atoms with Crippen LogP contribution in [0.4, 0.5) is 5.82 Å². The number of halogens is 1. The van der Waals surface area contributed by atoms with Gasteiger partial charge < -0.3 is 15.4 Å². The molecule has 3 aromatic rings. The molecule has 1 aliphatic heterocycles. The number of benzene rings is 1. The molecule has 3 heterocycles. The van der Waals surface area contributed by atoms with Crippen LogP contribution in [0, 0.1) is 5.92 Å². The van der Waals surface area contributed by atoms with Gasteiger partial charge in [-0.15, -0.1) is 0 Å². The summed E-state index contributed by atoms with van der Waals surface area (Å²) in [5.74, 6) is 1.44. The summed E-state index contributed by atoms with van der Waals surface area (Å²) in [4.78, 5) is 23.4. The third-order valence-electron chi connectivity index (χ3n) is 5.92. The summed E-state index contributed by atoms with van der Waals surface area (Å²) < 4.78 is 5.84. The van der Waals surface area contributed by atoms with E-state index in [4.69, 9.17) is 22.1 Å². The molecule has 6 nitrogen and oxygen atoms in total. The van der Waals surface area contributed by atoms with E-state index in [2.05, 4.69) is 21.9 Å². The zero-order chi connectivity index (χ0) is 21.8. The third-order valence-corrected chi connectivity index (χ3v) is 6.19. The number of nitrogens with zero attached hydrogens (tertiary/aromatic N) is 3. The number of likely N-dealkylation sites (tertiary alicyclic amines) is 1.